The van der Waals surface area contributed by atoms with Crippen molar-refractivity contribution >= 4 is 29.3 Å². The predicted octanol–water partition coefficient (Wildman–Crippen LogP) is 5.93. The Labute approximate surface area is 229 Å². The number of carbonyl (C=O) groups is 2. The summed E-state index contributed by atoms with van der Waals surface area (Å²) in [6, 6.07) is 32.6. The van der Waals surface area contributed by atoms with Gasteiger partial charge in [-0.15, -0.1) is 0 Å². The van der Waals surface area contributed by atoms with Gasteiger partial charge in [-0.25, -0.2) is 0 Å². The maximum atomic E-state index is 13.3. The summed E-state index contributed by atoms with van der Waals surface area (Å²) in [6.07, 6.45) is 0. The van der Waals surface area contributed by atoms with Crippen LogP contribution in [0.2, 0.25) is 0 Å². The number of aromatic nitrogens is 2. The number of carbonyl (C=O) groups excluding carboxylic acids is 2. The van der Waals surface area contributed by atoms with Crippen molar-refractivity contribution in [2.24, 2.45) is 0 Å². The van der Waals surface area contributed by atoms with Gasteiger partial charge < -0.3 is 14.7 Å². The summed E-state index contributed by atoms with van der Waals surface area (Å²) in [5.41, 5.74) is 4.05. The average molecular weight is 533 g/mol. The quantitative estimate of drug-likeness (QED) is 0.292. The van der Waals surface area contributed by atoms with Crippen molar-refractivity contribution in [1.82, 2.24) is 15.5 Å². The Morgan fingerprint density at radius 1 is 0.897 bits per heavy atom. The summed E-state index contributed by atoms with van der Waals surface area (Å²) in [4.78, 5) is 34.3. The molecule has 0 fully saturated rings. The van der Waals surface area contributed by atoms with Crippen LogP contribution in [0.25, 0.3) is 11.4 Å². The lowest BCUT2D eigenvalue weighted by Crippen LogP contribution is -2.29. The number of benzene rings is 4. The van der Waals surface area contributed by atoms with Crippen LogP contribution in [0.1, 0.15) is 33.3 Å². The number of anilines is 1. The van der Waals surface area contributed by atoms with Gasteiger partial charge in [0, 0.05) is 22.4 Å². The highest BCUT2D eigenvalue weighted by Gasteiger charge is 2.26. The minimum absolute atomic E-state index is 0.0495. The van der Waals surface area contributed by atoms with Crippen LogP contribution in [0.4, 0.5) is 5.69 Å². The summed E-state index contributed by atoms with van der Waals surface area (Å²) in [5, 5.41) is 7.11. The van der Waals surface area contributed by atoms with Crippen molar-refractivity contribution in [1.29, 1.82) is 0 Å². The van der Waals surface area contributed by atoms with Crippen LogP contribution in [-0.4, -0.2) is 29.0 Å². The first kappa shape index (κ1) is 24.6. The van der Waals surface area contributed by atoms with E-state index in [1.54, 1.807) is 11.9 Å². The molecule has 0 bridgehead atoms. The smallest absolute Gasteiger partial charge is 0.259 e. The molecule has 0 spiro atoms. The van der Waals surface area contributed by atoms with E-state index >= 15 is 0 Å². The first-order valence-corrected chi connectivity index (χ1v) is 13.3. The maximum Gasteiger partial charge on any atom is 0.259 e. The van der Waals surface area contributed by atoms with E-state index in [4.69, 9.17) is 4.52 Å². The maximum absolute atomic E-state index is 13.3. The minimum Gasteiger partial charge on any atom is -0.346 e. The number of nitrogens with zero attached hydrogens (tertiary/aromatic N) is 3. The third kappa shape index (κ3) is 4.94. The van der Waals surface area contributed by atoms with Crippen LogP contribution in [0, 0.1) is 0 Å². The van der Waals surface area contributed by atoms with E-state index < -0.39 is 5.92 Å². The SMILES string of the molecule is CN1C(=O)c2ccccc2Sc2cc(-c3noc(CNC(=O)C(c4ccccc4)c4ccccc4)n3)ccc21. The van der Waals surface area contributed by atoms with Gasteiger partial charge in [-0.3, -0.25) is 9.59 Å². The van der Waals surface area contributed by atoms with Crippen molar-refractivity contribution in [3.05, 3.63) is 126 Å². The van der Waals surface area contributed by atoms with Gasteiger partial charge in [0.05, 0.1) is 23.7 Å². The molecule has 4 aromatic carbocycles. The zero-order valence-electron chi connectivity index (χ0n) is 21.1. The van der Waals surface area contributed by atoms with E-state index in [9.17, 15) is 9.59 Å². The second-order valence-corrected chi connectivity index (χ2v) is 10.2. The highest BCUT2D eigenvalue weighted by Crippen LogP contribution is 2.42. The van der Waals surface area contributed by atoms with Crippen LogP contribution >= 0.6 is 11.8 Å². The molecule has 1 aromatic heterocycles. The number of fused-ring (bicyclic) bond motifs is 2. The molecule has 2 heterocycles. The van der Waals surface area contributed by atoms with Crippen molar-refractivity contribution in [3.8, 4) is 11.4 Å². The molecule has 1 aliphatic heterocycles. The van der Waals surface area contributed by atoms with Gasteiger partial charge in [-0.1, -0.05) is 89.7 Å². The zero-order valence-corrected chi connectivity index (χ0v) is 21.9. The monoisotopic (exact) mass is 532 g/mol. The van der Waals surface area contributed by atoms with Gasteiger partial charge >= 0.3 is 0 Å². The number of amides is 2. The summed E-state index contributed by atoms with van der Waals surface area (Å²) >= 11 is 1.53. The van der Waals surface area contributed by atoms with Crippen molar-refractivity contribution in [3.63, 3.8) is 0 Å². The Kier molecular flexibility index (Phi) is 6.69. The second kappa shape index (κ2) is 10.6. The first-order valence-electron chi connectivity index (χ1n) is 12.5. The molecular weight excluding hydrogens is 508 g/mol. The van der Waals surface area contributed by atoms with Gasteiger partial charge in [0.1, 0.15) is 0 Å². The number of hydrogen-bond donors (Lipinski definition) is 1. The number of nitrogens with one attached hydrogen (secondary N) is 1. The van der Waals surface area contributed by atoms with Crippen LogP contribution < -0.4 is 10.2 Å². The Morgan fingerprint density at radius 2 is 1.56 bits per heavy atom. The molecule has 192 valence electrons. The predicted molar refractivity (Wildman–Crippen MR) is 150 cm³/mol. The lowest BCUT2D eigenvalue weighted by atomic mass is 9.90. The summed E-state index contributed by atoms with van der Waals surface area (Å²) in [6.45, 7) is 0.103. The van der Waals surface area contributed by atoms with Crippen LogP contribution in [0.5, 0.6) is 0 Å². The van der Waals surface area contributed by atoms with E-state index in [-0.39, 0.29) is 18.4 Å². The fourth-order valence-corrected chi connectivity index (χ4v) is 5.79. The Bertz CT molecular complexity index is 1610. The summed E-state index contributed by atoms with van der Waals surface area (Å²) in [7, 11) is 1.77. The van der Waals surface area contributed by atoms with Crippen LogP contribution in [0.3, 0.4) is 0 Å². The lowest BCUT2D eigenvalue weighted by Gasteiger charge is -2.17. The molecule has 2 amide bonds. The Hall–Kier alpha value is -4.69. The van der Waals surface area contributed by atoms with Crippen LogP contribution in [0.15, 0.2) is 117 Å². The average Bonchev–Trinajstić information content (AvgIpc) is 3.42. The number of rotatable bonds is 6. The Balaban J connectivity index is 1.21. The first-order chi connectivity index (χ1) is 19.1. The molecule has 5 aromatic rings. The molecule has 7 nitrogen and oxygen atoms in total. The largest absolute Gasteiger partial charge is 0.346 e. The summed E-state index contributed by atoms with van der Waals surface area (Å²) < 4.78 is 5.48. The molecule has 0 saturated carbocycles. The molecule has 0 aliphatic carbocycles. The van der Waals surface area contributed by atoms with Gasteiger partial charge in [-0.05, 0) is 41.5 Å². The summed E-state index contributed by atoms with van der Waals surface area (Å²) in [5.74, 6) is 0.0562. The van der Waals surface area contributed by atoms with E-state index in [1.807, 2.05) is 103 Å². The van der Waals surface area contributed by atoms with Crippen molar-refractivity contribution in [2.45, 2.75) is 22.3 Å². The molecule has 0 unspecified atom stereocenters. The third-order valence-electron chi connectivity index (χ3n) is 6.63. The van der Waals surface area contributed by atoms with E-state index in [0.717, 1.165) is 32.2 Å². The van der Waals surface area contributed by atoms with E-state index in [0.29, 0.717) is 17.3 Å². The standard InChI is InChI=1S/C31H24N4O3S/c1-35-24-17-16-22(18-26(24)39-25-15-9-8-14-23(25)31(35)37)29-33-27(38-34-29)19-32-30(36)28(20-10-4-2-5-11-20)21-12-6-3-7-13-21/h2-18,28H,19H2,1H3,(H,32,36). The normalized spacial score (nSPS) is 12.6. The fourth-order valence-electron chi connectivity index (χ4n) is 4.65. The van der Waals surface area contributed by atoms with Gasteiger partial charge in [0.25, 0.3) is 5.91 Å². The molecule has 0 atom stereocenters. The third-order valence-corrected chi connectivity index (χ3v) is 7.75. The van der Waals surface area contributed by atoms with Crippen molar-refractivity contribution < 1.29 is 14.1 Å². The molecule has 39 heavy (non-hydrogen) atoms. The molecule has 1 aliphatic rings. The molecule has 8 heteroatoms. The van der Waals surface area contributed by atoms with E-state index in [1.165, 1.54) is 11.8 Å². The van der Waals surface area contributed by atoms with Gasteiger partial charge in [0.15, 0.2) is 0 Å². The zero-order chi connectivity index (χ0) is 26.8. The molecule has 0 saturated heterocycles. The topological polar surface area (TPSA) is 88.3 Å². The highest BCUT2D eigenvalue weighted by atomic mass is 32.2. The second-order valence-electron chi connectivity index (χ2n) is 9.13. The lowest BCUT2D eigenvalue weighted by molar-refractivity contribution is -0.122. The fraction of sp³-hybridized carbons (Fsp3) is 0.0968. The molecule has 1 N–H and O–H groups in total. The van der Waals surface area contributed by atoms with E-state index in [2.05, 4.69) is 15.5 Å². The number of hydrogen-bond acceptors (Lipinski definition) is 6. The van der Waals surface area contributed by atoms with Gasteiger partial charge in [0.2, 0.25) is 17.6 Å². The molecule has 0 radical (unpaired) electrons. The highest BCUT2D eigenvalue weighted by molar-refractivity contribution is 7.99. The van der Waals surface area contributed by atoms with Crippen molar-refractivity contribution in [2.75, 3.05) is 11.9 Å². The minimum atomic E-state index is -0.459. The van der Waals surface area contributed by atoms with Crippen LogP contribution in [-0.2, 0) is 11.3 Å². The molecular formula is C31H24N4O3S. The molecule has 6 rings (SSSR count). The Morgan fingerprint density at radius 3 is 2.28 bits per heavy atom. The van der Waals surface area contributed by atoms with Gasteiger partial charge in [-0.2, -0.15) is 4.98 Å².